The summed E-state index contributed by atoms with van der Waals surface area (Å²) in [6, 6.07) is 0. The summed E-state index contributed by atoms with van der Waals surface area (Å²) in [6.07, 6.45) is 5.02. The maximum Gasteiger partial charge on any atom is 0.323 e. The SMILES string of the molecule is CC1CCCC(C(CN)c2nsc(=O)[nH]2)C1. The predicted octanol–water partition coefficient (Wildman–Crippen LogP) is 1.70. The van der Waals surface area contributed by atoms with Crippen molar-refractivity contribution in [2.45, 2.75) is 38.5 Å². The van der Waals surface area contributed by atoms with Gasteiger partial charge in [-0.3, -0.25) is 9.78 Å². The van der Waals surface area contributed by atoms with Crippen molar-refractivity contribution < 1.29 is 0 Å². The summed E-state index contributed by atoms with van der Waals surface area (Å²) < 4.78 is 4.18. The van der Waals surface area contributed by atoms with Gasteiger partial charge in [0.2, 0.25) is 0 Å². The van der Waals surface area contributed by atoms with Gasteiger partial charge in [-0.25, -0.2) is 0 Å². The Labute approximate surface area is 99.4 Å². The van der Waals surface area contributed by atoms with E-state index in [-0.39, 0.29) is 10.8 Å². The molecule has 3 unspecified atom stereocenters. The van der Waals surface area contributed by atoms with Crippen LogP contribution in [0.5, 0.6) is 0 Å². The lowest BCUT2D eigenvalue weighted by Gasteiger charge is -2.31. The zero-order valence-electron chi connectivity index (χ0n) is 9.61. The van der Waals surface area contributed by atoms with Crippen LogP contribution in [0.1, 0.15) is 44.3 Å². The number of nitrogens with one attached hydrogen (secondary N) is 1. The Bertz CT molecular complexity index is 387. The summed E-state index contributed by atoms with van der Waals surface area (Å²) in [7, 11) is 0. The topological polar surface area (TPSA) is 71.8 Å². The second kappa shape index (κ2) is 5.10. The van der Waals surface area contributed by atoms with Gasteiger partial charge in [-0.1, -0.05) is 19.8 Å². The summed E-state index contributed by atoms with van der Waals surface area (Å²) in [5, 5.41) is 0. The van der Waals surface area contributed by atoms with Crippen LogP contribution in [0.25, 0.3) is 0 Å². The summed E-state index contributed by atoms with van der Waals surface area (Å²) in [4.78, 5) is 13.9. The number of nitrogens with two attached hydrogens (primary N) is 1. The standard InChI is InChI=1S/C11H19N3OS/c1-7-3-2-4-8(5-7)9(6-12)10-13-11(15)16-14-10/h7-9H,2-6,12H2,1H3,(H,13,14,15). The van der Waals surface area contributed by atoms with Gasteiger partial charge in [0.05, 0.1) is 0 Å². The minimum absolute atomic E-state index is 0.0719. The highest BCUT2D eigenvalue weighted by atomic mass is 32.1. The summed E-state index contributed by atoms with van der Waals surface area (Å²) >= 11 is 0.996. The molecule has 0 aliphatic heterocycles. The molecule has 3 atom stereocenters. The molecule has 1 fully saturated rings. The second-order valence-electron chi connectivity index (χ2n) is 4.85. The molecule has 1 aromatic heterocycles. The van der Waals surface area contributed by atoms with E-state index in [9.17, 15) is 4.79 Å². The molecule has 0 aromatic carbocycles. The van der Waals surface area contributed by atoms with Crippen molar-refractivity contribution in [3.05, 3.63) is 15.5 Å². The van der Waals surface area contributed by atoms with Crippen LogP contribution >= 0.6 is 11.5 Å². The van der Waals surface area contributed by atoms with E-state index in [0.29, 0.717) is 12.5 Å². The third-order valence-corrected chi connectivity index (χ3v) is 4.16. The maximum atomic E-state index is 11.1. The van der Waals surface area contributed by atoms with E-state index in [1.165, 1.54) is 25.7 Å². The van der Waals surface area contributed by atoms with Gasteiger partial charge in [0.25, 0.3) is 0 Å². The molecule has 1 aliphatic carbocycles. The van der Waals surface area contributed by atoms with Crippen molar-refractivity contribution in [2.24, 2.45) is 17.6 Å². The largest absolute Gasteiger partial charge is 0.330 e. The van der Waals surface area contributed by atoms with Crippen molar-refractivity contribution in [3.8, 4) is 0 Å². The molecule has 3 N–H and O–H groups in total. The Hall–Kier alpha value is -0.680. The molecule has 0 saturated heterocycles. The molecule has 0 bridgehead atoms. The van der Waals surface area contributed by atoms with Gasteiger partial charge in [-0.2, -0.15) is 4.37 Å². The first-order valence-electron chi connectivity index (χ1n) is 5.96. The Morgan fingerprint density at radius 1 is 1.62 bits per heavy atom. The van der Waals surface area contributed by atoms with Gasteiger partial charge in [-0.15, -0.1) is 0 Å². The van der Waals surface area contributed by atoms with Crippen molar-refractivity contribution in [1.82, 2.24) is 9.36 Å². The number of nitrogens with zero attached hydrogens (tertiary/aromatic N) is 1. The van der Waals surface area contributed by atoms with Gasteiger partial charge in [0.1, 0.15) is 5.82 Å². The van der Waals surface area contributed by atoms with Gasteiger partial charge in [-0.05, 0) is 24.7 Å². The van der Waals surface area contributed by atoms with Crippen LogP contribution < -0.4 is 10.6 Å². The fourth-order valence-electron chi connectivity index (χ4n) is 2.78. The van der Waals surface area contributed by atoms with E-state index in [2.05, 4.69) is 16.3 Å². The van der Waals surface area contributed by atoms with E-state index in [0.717, 1.165) is 23.3 Å². The van der Waals surface area contributed by atoms with Gasteiger partial charge >= 0.3 is 4.87 Å². The summed E-state index contributed by atoms with van der Waals surface area (Å²) in [6.45, 7) is 2.88. The summed E-state index contributed by atoms with van der Waals surface area (Å²) in [5.41, 5.74) is 5.83. The first-order chi connectivity index (χ1) is 7.70. The third kappa shape index (κ3) is 2.52. The molecule has 1 aromatic rings. The van der Waals surface area contributed by atoms with Crippen LogP contribution in [0.3, 0.4) is 0 Å². The monoisotopic (exact) mass is 241 g/mol. The highest BCUT2D eigenvalue weighted by Crippen LogP contribution is 2.36. The Kier molecular flexibility index (Phi) is 3.76. The zero-order valence-corrected chi connectivity index (χ0v) is 10.4. The number of H-pyrrole nitrogens is 1. The van der Waals surface area contributed by atoms with Crippen molar-refractivity contribution in [2.75, 3.05) is 6.54 Å². The number of hydrogen-bond donors (Lipinski definition) is 2. The normalized spacial score (nSPS) is 27.9. The number of hydrogen-bond acceptors (Lipinski definition) is 4. The van der Waals surface area contributed by atoms with E-state index in [1.54, 1.807) is 0 Å². The van der Waals surface area contributed by atoms with Crippen molar-refractivity contribution in [1.29, 1.82) is 0 Å². The molecular weight excluding hydrogens is 222 g/mol. The van der Waals surface area contributed by atoms with Gasteiger partial charge < -0.3 is 5.73 Å². The zero-order chi connectivity index (χ0) is 11.5. The van der Waals surface area contributed by atoms with Crippen LogP contribution in [0.4, 0.5) is 0 Å². The third-order valence-electron chi connectivity index (χ3n) is 3.61. The Morgan fingerprint density at radius 2 is 2.44 bits per heavy atom. The average Bonchev–Trinajstić information content (AvgIpc) is 2.66. The Balaban J connectivity index is 2.12. The van der Waals surface area contributed by atoms with Crippen molar-refractivity contribution >= 4 is 11.5 Å². The average molecular weight is 241 g/mol. The molecular formula is C11H19N3OS. The van der Waals surface area contributed by atoms with E-state index >= 15 is 0 Å². The molecule has 5 heteroatoms. The van der Waals surface area contributed by atoms with Crippen LogP contribution in [-0.2, 0) is 0 Å². The summed E-state index contributed by atoms with van der Waals surface area (Å²) in [5.74, 6) is 2.41. The van der Waals surface area contributed by atoms with Crippen LogP contribution in [0.15, 0.2) is 4.79 Å². The first-order valence-corrected chi connectivity index (χ1v) is 6.74. The van der Waals surface area contributed by atoms with Gasteiger partial charge in [0, 0.05) is 24.0 Å². The fraction of sp³-hybridized carbons (Fsp3) is 0.818. The van der Waals surface area contributed by atoms with E-state index < -0.39 is 0 Å². The lowest BCUT2D eigenvalue weighted by atomic mass is 9.75. The fourth-order valence-corrected chi connectivity index (χ4v) is 3.29. The predicted molar refractivity (Wildman–Crippen MR) is 65.7 cm³/mol. The Morgan fingerprint density at radius 3 is 3.00 bits per heavy atom. The number of aromatic amines is 1. The molecule has 1 aliphatic rings. The minimum Gasteiger partial charge on any atom is -0.330 e. The smallest absolute Gasteiger partial charge is 0.323 e. The molecule has 0 amide bonds. The van der Waals surface area contributed by atoms with Crippen LogP contribution in [0.2, 0.25) is 0 Å². The number of aromatic nitrogens is 2. The molecule has 1 saturated carbocycles. The first kappa shape index (κ1) is 11.8. The van der Waals surface area contributed by atoms with Crippen molar-refractivity contribution in [3.63, 3.8) is 0 Å². The highest BCUT2D eigenvalue weighted by molar-refractivity contribution is 7.02. The highest BCUT2D eigenvalue weighted by Gasteiger charge is 2.28. The van der Waals surface area contributed by atoms with Crippen LogP contribution in [-0.4, -0.2) is 15.9 Å². The van der Waals surface area contributed by atoms with Crippen LogP contribution in [0, 0.1) is 11.8 Å². The maximum absolute atomic E-state index is 11.1. The molecule has 2 rings (SSSR count). The van der Waals surface area contributed by atoms with E-state index in [4.69, 9.17) is 5.73 Å². The quantitative estimate of drug-likeness (QED) is 0.846. The lowest BCUT2D eigenvalue weighted by molar-refractivity contribution is 0.244. The lowest BCUT2D eigenvalue weighted by Crippen LogP contribution is -2.27. The molecule has 16 heavy (non-hydrogen) atoms. The second-order valence-corrected chi connectivity index (χ2v) is 5.59. The molecule has 1 heterocycles. The van der Waals surface area contributed by atoms with E-state index in [1.807, 2.05) is 0 Å². The minimum atomic E-state index is -0.0719. The molecule has 0 radical (unpaired) electrons. The molecule has 90 valence electrons. The van der Waals surface area contributed by atoms with Gasteiger partial charge in [0.15, 0.2) is 0 Å². The number of rotatable bonds is 3. The molecule has 0 spiro atoms. The molecule has 4 nitrogen and oxygen atoms in total.